The van der Waals surface area contributed by atoms with Crippen molar-refractivity contribution >= 4 is 17.6 Å². The van der Waals surface area contributed by atoms with Crippen LogP contribution in [0.15, 0.2) is 24.3 Å². The maximum Gasteiger partial charge on any atom is 0.311 e. The molecule has 1 aliphatic heterocycles. The molecule has 0 bridgehead atoms. The monoisotopic (exact) mass is 249 g/mol. The third kappa shape index (κ3) is 2.22. The molecular weight excluding hydrogens is 234 g/mol. The lowest BCUT2D eigenvalue weighted by Gasteiger charge is -2.19. The Labute approximate surface area is 105 Å². The standard InChI is InChI=1S/C13H15NO4/c1-18-13(17)10-6-12(16)14(7-10)11-5-3-2-4-9(11)8-15/h2-5,10,15H,6-8H2,1H3. The molecule has 1 heterocycles. The van der Waals surface area contributed by atoms with Gasteiger partial charge in [0.2, 0.25) is 5.91 Å². The van der Waals surface area contributed by atoms with Crippen LogP contribution in [0.2, 0.25) is 0 Å². The Balaban J connectivity index is 2.24. The van der Waals surface area contributed by atoms with Gasteiger partial charge in [-0.15, -0.1) is 0 Å². The van der Waals surface area contributed by atoms with Gasteiger partial charge in [-0.05, 0) is 6.07 Å². The first-order chi connectivity index (χ1) is 8.67. The Bertz CT molecular complexity index is 472. The molecule has 1 fully saturated rings. The van der Waals surface area contributed by atoms with Gasteiger partial charge in [0, 0.05) is 24.2 Å². The van der Waals surface area contributed by atoms with E-state index in [2.05, 4.69) is 4.74 Å². The van der Waals surface area contributed by atoms with Crippen LogP contribution >= 0.6 is 0 Å². The summed E-state index contributed by atoms with van der Waals surface area (Å²) in [5, 5.41) is 9.26. The minimum atomic E-state index is -0.422. The zero-order chi connectivity index (χ0) is 13.1. The van der Waals surface area contributed by atoms with Crippen molar-refractivity contribution in [3.63, 3.8) is 0 Å². The second-order valence-corrected chi connectivity index (χ2v) is 4.22. The molecule has 96 valence electrons. The van der Waals surface area contributed by atoms with Gasteiger partial charge in [0.25, 0.3) is 0 Å². The second kappa shape index (κ2) is 5.18. The van der Waals surface area contributed by atoms with E-state index < -0.39 is 5.92 Å². The Hall–Kier alpha value is -1.88. The molecule has 18 heavy (non-hydrogen) atoms. The van der Waals surface area contributed by atoms with Crippen molar-refractivity contribution in [2.45, 2.75) is 13.0 Å². The van der Waals surface area contributed by atoms with Crippen LogP contribution in [0.3, 0.4) is 0 Å². The second-order valence-electron chi connectivity index (χ2n) is 4.22. The summed E-state index contributed by atoms with van der Waals surface area (Å²) in [7, 11) is 1.32. The molecule has 0 saturated carbocycles. The lowest BCUT2D eigenvalue weighted by molar-refractivity contribution is -0.145. The molecule has 5 nitrogen and oxygen atoms in total. The van der Waals surface area contributed by atoms with E-state index in [9.17, 15) is 14.7 Å². The van der Waals surface area contributed by atoms with Crippen LogP contribution in [-0.2, 0) is 20.9 Å². The highest BCUT2D eigenvalue weighted by Crippen LogP contribution is 2.28. The number of aliphatic hydroxyl groups excluding tert-OH is 1. The summed E-state index contributed by atoms with van der Waals surface area (Å²) in [6.07, 6.45) is 0.159. The lowest BCUT2D eigenvalue weighted by Crippen LogP contribution is -2.27. The first-order valence-corrected chi connectivity index (χ1v) is 5.74. The number of aliphatic hydroxyl groups is 1. The SMILES string of the molecule is COC(=O)C1CC(=O)N(c2ccccc2CO)C1. The van der Waals surface area contributed by atoms with Crippen molar-refractivity contribution in [1.29, 1.82) is 0 Å². The smallest absolute Gasteiger partial charge is 0.311 e. The van der Waals surface area contributed by atoms with E-state index in [1.54, 1.807) is 24.3 Å². The maximum atomic E-state index is 11.9. The summed E-state index contributed by atoms with van der Waals surface area (Å²) in [6, 6.07) is 7.12. The van der Waals surface area contributed by atoms with Crippen molar-refractivity contribution < 1.29 is 19.4 Å². The Morgan fingerprint density at radius 1 is 1.50 bits per heavy atom. The molecule has 1 N–H and O–H groups in total. The average molecular weight is 249 g/mol. The quantitative estimate of drug-likeness (QED) is 0.801. The number of hydrogen-bond acceptors (Lipinski definition) is 4. The molecule has 1 unspecified atom stereocenters. The fourth-order valence-corrected chi connectivity index (χ4v) is 2.17. The molecule has 1 aliphatic rings. The van der Waals surface area contributed by atoms with Gasteiger partial charge in [-0.1, -0.05) is 18.2 Å². The van der Waals surface area contributed by atoms with Gasteiger partial charge < -0.3 is 14.7 Å². The van der Waals surface area contributed by atoms with Crippen LogP contribution in [-0.4, -0.2) is 30.6 Å². The molecule has 1 aromatic carbocycles. The largest absolute Gasteiger partial charge is 0.469 e. The highest BCUT2D eigenvalue weighted by atomic mass is 16.5. The van der Waals surface area contributed by atoms with Crippen molar-refractivity contribution in [2.24, 2.45) is 5.92 Å². The lowest BCUT2D eigenvalue weighted by atomic mass is 10.1. The van der Waals surface area contributed by atoms with Gasteiger partial charge in [0.05, 0.1) is 19.6 Å². The molecule has 1 aromatic rings. The number of esters is 1. The van der Waals surface area contributed by atoms with Crippen LogP contribution in [0.25, 0.3) is 0 Å². The number of anilines is 1. The van der Waals surface area contributed by atoms with E-state index >= 15 is 0 Å². The number of methoxy groups -OCH3 is 1. The van der Waals surface area contributed by atoms with Crippen LogP contribution < -0.4 is 4.90 Å². The molecule has 0 aromatic heterocycles. The van der Waals surface area contributed by atoms with Gasteiger partial charge in [-0.25, -0.2) is 0 Å². The Morgan fingerprint density at radius 2 is 2.22 bits per heavy atom. The van der Waals surface area contributed by atoms with Gasteiger partial charge in [-0.3, -0.25) is 9.59 Å². The molecule has 1 atom stereocenters. The first-order valence-electron chi connectivity index (χ1n) is 5.74. The zero-order valence-corrected chi connectivity index (χ0v) is 10.1. The number of benzene rings is 1. The molecule has 1 saturated heterocycles. The third-order valence-electron chi connectivity index (χ3n) is 3.11. The van der Waals surface area contributed by atoms with Crippen LogP contribution in [0.5, 0.6) is 0 Å². The summed E-state index contributed by atoms with van der Waals surface area (Å²) in [5.41, 5.74) is 1.34. The van der Waals surface area contributed by atoms with Gasteiger partial charge in [-0.2, -0.15) is 0 Å². The molecule has 0 spiro atoms. The number of ether oxygens (including phenoxy) is 1. The summed E-state index contributed by atoms with van der Waals surface area (Å²) in [4.78, 5) is 24.9. The van der Waals surface area contributed by atoms with Gasteiger partial charge in [0.15, 0.2) is 0 Å². The number of rotatable bonds is 3. The van der Waals surface area contributed by atoms with Crippen LogP contribution in [0.1, 0.15) is 12.0 Å². The van der Waals surface area contributed by atoms with Crippen LogP contribution in [0.4, 0.5) is 5.69 Å². The zero-order valence-electron chi connectivity index (χ0n) is 10.1. The third-order valence-corrected chi connectivity index (χ3v) is 3.11. The topological polar surface area (TPSA) is 66.8 Å². The van der Waals surface area contributed by atoms with E-state index in [0.717, 1.165) is 0 Å². The predicted octanol–water partition coefficient (Wildman–Crippen LogP) is 0.705. The summed E-state index contributed by atoms with van der Waals surface area (Å²) < 4.78 is 4.66. The van der Waals surface area contributed by atoms with E-state index in [-0.39, 0.29) is 24.9 Å². The van der Waals surface area contributed by atoms with Crippen molar-refractivity contribution in [2.75, 3.05) is 18.6 Å². The van der Waals surface area contributed by atoms with Crippen molar-refractivity contribution in [1.82, 2.24) is 0 Å². The average Bonchev–Trinajstić information content (AvgIpc) is 2.79. The summed E-state index contributed by atoms with van der Waals surface area (Å²) in [6.45, 7) is 0.172. The molecular formula is C13H15NO4. The number of nitrogens with zero attached hydrogens (tertiary/aromatic N) is 1. The predicted molar refractivity (Wildman–Crippen MR) is 64.8 cm³/mol. The minimum Gasteiger partial charge on any atom is -0.469 e. The first kappa shape index (κ1) is 12.6. The van der Waals surface area contributed by atoms with Gasteiger partial charge >= 0.3 is 5.97 Å². The van der Waals surface area contributed by atoms with E-state index in [4.69, 9.17) is 0 Å². The summed E-state index contributed by atoms with van der Waals surface area (Å²) in [5.74, 6) is -0.909. The van der Waals surface area contributed by atoms with Gasteiger partial charge in [0.1, 0.15) is 0 Å². The van der Waals surface area contributed by atoms with Crippen molar-refractivity contribution in [3.8, 4) is 0 Å². The fraction of sp³-hybridized carbons (Fsp3) is 0.385. The number of carbonyl (C=O) groups excluding carboxylic acids is 2. The Morgan fingerprint density at radius 3 is 2.89 bits per heavy atom. The number of amides is 1. The molecule has 1 amide bonds. The molecule has 2 rings (SSSR count). The normalized spacial score (nSPS) is 19.1. The van der Waals surface area contributed by atoms with Crippen molar-refractivity contribution in [3.05, 3.63) is 29.8 Å². The summed E-state index contributed by atoms with van der Waals surface area (Å²) >= 11 is 0. The molecule has 5 heteroatoms. The highest BCUT2D eigenvalue weighted by molar-refractivity contribution is 5.99. The number of hydrogen-bond donors (Lipinski definition) is 1. The number of carbonyl (C=O) groups is 2. The Kier molecular flexibility index (Phi) is 3.62. The van der Waals surface area contributed by atoms with E-state index in [0.29, 0.717) is 17.8 Å². The molecule has 0 radical (unpaired) electrons. The van der Waals surface area contributed by atoms with Crippen LogP contribution in [0, 0.1) is 5.92 Å². The number of para-hydroxylation sites is 1. The van der Waals surface area contributed by atoms with E-state index in [1.165, 1.54) is 12.0 Å². The maximum absolute atomic E-state index is 11.9. The highest BCUT2D eigenvalue weighted by Gasteiger charge is 2.36. The fourth-order valence-electron chi connectivity index (χ4n) is 2.17. The minimum absolute atomic E-state index is 0.119. The molecule has 0 aliphatic carbocycles. The van der Waals surface area contributed by atoms with E-state index in [1.807, 2.05) is 0 Å².